The first kappa shape index (κ1) is 31.9. The van der Waals surface area contributed by atoms with Crippen molar-refractivity contribution in [3.63, 3.8) is 0 Å². The van der Waals surface area contributed by atoms with Crippen molar-refractivity contribution in [2.24, 2.45) is 0 Å². The molecule has 57 heavy (non-hydrogen) atoms. The molecule has 12 rings (SSSR count). The molecule has 0 radical (unpaired) electrons. The van der Waals surface area contributed by atoms with E-state index >= 15 is 0 Å². The zero-order chi connectivity index (χ0) is 37.5. The number of allylic oxidation sites excluding steroid dienone is 1. The number of hydrogen-bond donors (Lipinski definition) is 0. The Morgan fingerprint density at radius 3 is 2.07 bits per heavy atom. The lowest BCUT2D eigenvalue weighted by molar-refractivity contribution is 0.517. The first-order valence-electron chi connectivity index (χ1n) is 19.7. The third kappa shape index (κ3) is 4.99. The summed E-state index contributed by atoms with van der Waals surface area (Å²) in [6.45, 7) is 0. The summed E-state index contributed by atoms with van der Waals surface area (Å²) in [7, 11) is 0. The van der Waals surface area contributed by atoms with Gasteiger partial charge in [0.15, 0.2) is 0 Å². The van der Waals surface area contributed by atoms with Crippen LogP contribution in [0, 0.1) is 0 Å². The second kappa shape index (κ2) is 12.6. The molecule has 9 aromatic carbocycles. The molecule has 3 nitrogen and oxygen atoms in total. The van der Waals surface area contributed by atoms with Crippen molar-refractivity contribution in [3.05, 3.63) is 205 Å². The van der Waals surface area contributed by atoms with Gasteiger partial charge in [0.25, 0.3) is 0 Å². The lowest BCUT2D eigenvalue weighted by atomic mass is 9.85. The van der Waals surface area contributed by atoms with E-state index in [0.29, 0.717) is 0 Å². The summed E-state index contributed by atoms with van der Waals surface area (Å²) in [5, 5.41) is 10.5. The smallest absolute Gasteiger partial charge is 0.143 e. The highest BCUT2D eigenvalue weighted by molar-refractivity contribution is 6.19. The average molecular weight is 730 g/mol. The van der Waals surface area contributed by atoms with Gasteiger partial charge in [0.1, 0.15) is 22.5 Å². The van der Waals surface area contributed by atoms with Gasteiger partial charge < -0.3 is 13.7 Å². The number of nitrogens with zero attached hydrogens (tertiary/aromatic N) is 1. The van der Waals surface area contributed by atoms with Crippen LogP contribution < -0.4 is 4.90 Å². The van der Waals surface area contributed by atoms with Crippen LogP contribution >= 0.6 is 0 Å². The number of rotatable bonds is 5. The van der Waals surface area contributed by atoms with Gasteiger partial charge in [0.2, 0.25) is 0 Å². The molecule has 1 aliphatic carbocycles. The Kier molecular flexibility index (Phi) is 7.05. The Bertz CT molecular complexity index is 3410. The fraction of sp³-hybridized carbons (Fsp3) is 0.0370. The van der Waals surface area contributed by atoms with Crippen molar-refractivity contribution < 1.29 is 8.83 Å². The second-order valence-electron chi connectivity index (χ2n) is 15.2. The SMILES string of the molecule is C1=Cc2c(oc3cc4ccccc4cc23)C(c2ccccc2N(c2cccc(-c3cccc4ccccc34)c2)c2cccc3oc4c5ccccc5ccc4c23)C1. The summed E-state index contributed by atoms with van der Waals surface area (Å²) in [6, 6.07) is 65.5. The van der Waals surface area contributed by atoms with Gasteiger partial charge in [-0.15, -0.1) is 0 Å². The molecule has 0 amide bonds. The van der Waals surface area contributed by atoms with Crippen LogP contribution in [-0.2, 0) is 0 Å². The largest absolute Gasteiger partial charge is 0.460 e. The number of anilines is 3. The number of fused-ring (bicyclic) bond motifs is 10. The van der Waals surface area contributed by atoms with E-state index in [0.717, 1.165) is 78.5 Å². The highest BCUT2D eigenvalue weighted by Gasteiger charge is 2.30. The quantitative estimate of drug-likeness (QED) is 0.177. The maximum absolute atomic E-state index is 6.90. The summed E-state index contributed by atoms with van der Waals surface area (Å²) < 4.78 is 13.7. The van der Waals surface area contributed by atoms with Crippen molar-refractivity contribution in [1.82, 2.24) is 0 Å². The van der Waals surface area contributed by atoms with E-state index in [1.165, 1.54) is 38.2 Å². The van der Waals surface area contributed by atoms with E-state index in [4.69, 9.17) is 8.83 Å². The predicted octanol–water partition coefficient (Wildman–Crippen LogP) is 15.5. The zero-order valence-electron chi connectivity index (χ0n) is 31.0. The van der Waals surface area contributed by atoms with Gasteiger partial charge in [-0.2, -0.15) is 0 Å². The first-order chi connectivity index (χ1) is 28.3. The van der Waals surface area contributed by atoms with Crippen LogP contribution in [0.5, 0.6) is 0 Å². The van der Waals surface area contributed by atoms with E-state index in [-0.39, 0.29) is 5.92 Å². The minimum Gasteiger partial charge on any atom is -0.460 e. The zero-order valence-corrected chi connectivity index (χ0v) is 31.0. The fourth-order valence-electron chi connectivity index (χ4n) is 9.35. The van der Waals surface area contributed by atoms with Gasteiger partial charge in [-0.3, -0.25) is 0 Å². The average Bonchev–Trinajstić information content (AvgIpc) is 3.85. The summed E-state index contributed by atoms with van der Waals surface area (Å²) in [4.78, 5) is 2.45. The van der Waals surface area contributed by atoms with Crippen LogP contribution in [0.15, 0.2) is 197 Å². The molecule has 0 saturated heterocycles. The van der Waals surface area contributed by atoms with Crippen LogP contribution in [0.2, 0.25) is 0 Å². The van der Waals surface area contributed by atoms with Crippen molar-refractivity contribution in [2.75, 3.05) is 4.90 Å². The molecule has 0 spiro atoms. The minimum absolute atomic E-state index is 0.00435. The van der Waals surface area contributed by atoms with Crippen LogP contribution in [-0.4, -0.2) is 0 Å². The first-order valence-corrected chi connectivity index (χ1v) is 19.7. The van der Waals surface area contributed by atoms with E-state index in [1.807, 2.05) is 0 Å². The number of benzene rings is 9. The van der Waals surface area contributed by atoms with Crippen molar-refractivity contribution in [1.29, 1.82) is 0 Å². The third-order valence-corrected chi connectivity index (χ3v) is 12.0. The molecule has 0 fully saturated rings. The van der Waals surface area contributed by atoms with Crippen molar-refractivity contribution in [3.8, 4) is 11.1 Å². The maximum atomic E-state index is 6.90. The lowest BCUT2D eigenvalue weighted by Crippen LogP contribution is -2.15. The monoisotopic (exact) mass is 729 g/mol. The molecule has 0 saturated carbocycles. The second-order valence-corrected chi connectivity index (χ2v) is 15.2. The van der Waals surface area contributed by atoms with Crippen molar-refractivity contribution in [2.45, 2.75) is 12.3 Å². The highest BCUT2D eigenvalue weighted by Crippen LogP contribution is 2.50. The summed E-state index contributed by atoms with van der Waals surface area (Å²) in [5.74, 6) is 1.02. The van der Waals surface area contributed by atoms with E-state index in [2.05, 4.69) is 199 Å². The Hall–Kier alpha value is -7.36. The van der Waals surface area contributed by atoms with Gasteiger partial charge in [-0.05, 0) is 98.6 Å². The topological polar surface area (TPSA) is 29.5 Å². The van der Waals surface area contributed by atoms with Gasteiger partial charge in [-0.1, -0.05) is 146 Å². The fourth-order valence-corrected chi connectivity index (χ4v) is 9.35. The summed E-state index contributed by atoms with van der Waals surface area (Å²) in [5.41, 5.74) is 10.7. The molecule has 0 bridgehead atoms. The van der Waals surface area contributed by atoms with Crippen LogP contribution in [0.25, 0.3) is 82.4 Å². The number of hydrogen-bond acceptors (Lipinski definition) is 3. The molecule has 1 atom stereocenters. The van der Waals surface area contributed by atoms with Crippen LogP contribution in [0.3, 0.4) is 0 Å². The molecular weight excluding hydrogens is 695 g/mol. The van der Waals surface area contributed by atoms with E-state index in [1.54, 1.807) is 0 Å². The molecule has 1 unspecified atom stereocenters. The third-order valence-electron chi connectivity index (χ3n) is 12.0. The minimum atomic E-state index is 0.00435. The molecule has 11 aromatic rings. The lowest BCUT2D eigenvalue weighted by Gasteiger charge is -2.31. The molecular formula is C54H35NO2. The summed E-state index contributed by atoms with van der Waals surface area (Å²) >= 11 is 0. The van der Waals surface area contributed by atoms with Gasteiger partial charge >= 0.3 is 0 Å². The van der Waals surface area contributed by atoms with Gasteiger partial charge in [0, 0.05) is 33.3 Å². The Morgan fingerprint density at radius 2 is 1.18 bits per heavy atom. The highest BCUT2D eigenvalue weighted by atomic mass is 16.3. The molecule has 1 aliphatic rings. The Morgan fingerprint density at radius 1 is 0.474 bits per heavy atom. The number of furan rings is 2. The molecule has 0 aliphatic heterocycles. The Balaban J connectivity index is 1.11. The van der Waals surface area contributed by atoms with E-state index in [9.17, 15) is 0 Å². The standard InChI is InChI=1S/C54H35NO2/c1-2-16-37-33-51-47(32-36(37)15-1)45-25-11-24-44(54(45)57-51)43-22-7-8-26-48(43)55(39-19-9-18-38(31-39)41-23-10-17-34-13-3-5-20-40(34)41)49-27-12-28-50-52(49)46-30-29-35-14-4-6-21-42(35)53(46)56-50/h1-23,25-33,44H,24H2. The molecule has 2 heterocycles. The van der Waals surface area contributed by atoms with Crippen molar-refractivity contribution >= 4 is 88.4 Å². The Labute approximate surface area is 329 Å². The van der Waals surface area contributed by atoms with Crippen LogP contribution in [0.4, 0.5) is 17.1 Å². The molecule has 3 heteroatoms. The summed E-state index contributed by atoms with van der Waals surface area (Å²) in [6.07, 6.45) is 5.40. The maximum Gasteiger partial charge on any atom is 0.143 e. The van der Waals surface area contributed by atoms with Gasteiger partial charge in [0.05, 0.1) is 16.8 Å². The van der Waals surface area contributed by atoms with E-state index < -0.39 is 0 Å². The molecule has 0 N–H and O–H groups in total. The van der Waals surface area contributed by atoms with Gasteiger partial charge in [-0.25, -0.2) is 0 Å². The predicted molar refractivity (Wildman–Crippen MR) is 238 cm³/mol. The normalized spacial score (nSPS) is 14.0. The number of para-hydroxylation sites is 1. The molecule has 268 valence electrons. The molecule has 2 aromatic heterocycles. The van der Waals surface area contributed by atoms with Crippen LogP contribution in [0.1, 0.15) is 29.2 Å².